The molecule has 3 heteroatoms. The summed E-state index contributed by atoms with van der Waals surface area (Å²) in [6.07, 6.45) is 8.57. The lowest BCUT2D eigenvalue weighted by molar-refractivity contribution is 0.311. The van der Waals surface area contributed by atoms with Crippen molar-refractivity contribution < 1.29 is 0 Å². The highest BCUT2D eigenvalue weighted by molar-refractivity contribution is 5.25. The second kappa shape index (κ2) is 7.16. The van der Waals surface area contributed by atoms with Crippen LogP contribution in [0.1, 0.15) is 74.1 Å². The summed E-state index contributed by atoms with van der Waals surface area (Å²) in [5, 5.41) is 0. The fourth-order valence-electron chi connectivity index (χ4n) is 3.42. The molecule has 1 fully saturated rings. The highest BCUT2D eigenvalue weighted by atomic mass is 14.9. The van der Waals surface area contributed by atoms with E-state index in [1.54, 1.807) is 0 Å². The lowest BCUT2D eigenvalue weighted by atomic mass is 9.80. The van der Waals surface area contributed by atoms with Crippen LogP contribution in [0.15, 0.2) is 0 Å². The number of aromatic nitrogens is 2. The van der Waals surface area contributed by atoms with Gasteiger partial charge >= 0.3 is 0 Å². The van der Waals surface area contributed by atoms with E-state index in [0.29, 0.717) is 5.92 Å². The molecule has 20 heavy (non-hydrogen) atoms. The Kier molecular flexibility index (Phi) is 5.53. The topological polar surface area (TPSA) is 51.8 Å². The monoisotopic (exact) mass is 275 g/mol. The van der Waals surface area contributed by atoms with Crippen LogP contribution in [0.25, 0.3) is 0 Å². The largest absolute Gasteiger partial charge is 0.330 e. The molecular formula is C17H29N3. The van der Waals surface area contributed by atoms with Gasteiger partial charge in [0.2, 0.25) is 0 Å². The molecular weight excluding hydrogens is 246 g/mol. The van der Waals surface area contributed by atoms with Gasteiger partial charge in [0.15, 0.2) is 0 Å². The molecule has 1 aromatic heterocycles. The standard InChI is InChI=1S/C17H29N3/c1-4-14-7-9-15(10-8-14)17-19-12(2)16(6-5-11-18)13(3)20-17/h14-15H,4-11,18H2,1-3H3. The minimum atomic E-state index is 0.582. The summed E-state index contributed by atoms with van der Waals surface area (Å²) in [7, 11) is 0. The Morgan fingerprint density at radius 3 is 2.15 bits per heavy atom. The summed E-state index contributed by atoms with van der Waals surface area (Å²) < 4.78 is 0. The second-order valence-electron chi connectivity index (χ2n) is 6.25. The van der Waals surface area contributed by atoms with Gasteiger partial charge in [0.05, 0.1) is 0 Å². The van der Waals surface area contributed by atoms with Crippen LogP contribution >= 0.6 is 0 Å². The van der Waals surface area contributed by atoms with Gasteiger partial charge in [0.25, 0.3) is 0 Å². The highest BCUT2D eigenvalue weighted by Gasteiger charge is 2.24. The molecule has 1 saturated carbocycles. The van der Waals surface area contributed by atoms with E-state index in [9.17, 15) is 0 Å². The Labute approximate surface area is 123 Å². The number of aryl methyl sites for hydroxylation is 2. The minimum absolute atomic E-state index is 0.582. The molecule has 2 N–H and O–H groups in total. The normalized spacial score (nSPS) is 23.0. The Morgan fingerprint density at radius 2 is 1.65 bits per heavy atom. The Balaban J connectivity index is 2.10. The van der Waals surface area contributed by atoms with Crippen molar-refractivity contribution in [1.82, 2.24) is 9.97 Å². The molecule has 0 atom stereocenters. The van der Waals surface area contributed by atoms with E-state index in [4.69, 9.17) is 15.7 Å². The van der Waals surface area contributed by atoms with Crippen molar-refractivity contribution in [2.75, 3.05) is 6.54 Å². The van der Waals surface area contributed by atoms with Gasteiger partial charge in [0, 0.05) is 17.3 Å². The summed E-state index contributed by atoms with van der Waals surface area (Å²) >= 11 is 0. The first-order chi connectivity index (χ1) is 9.65. The number of hydrogen-bond donors (Lipinski definition) is 1. The second-order valence-corrected chi connectivity index (χ2v) is 6.25. The van der Waals surface area contributed by atoms with Crippen molar-refractivity contribution in [3.05, 3.63) is 22.8 Å². The third kappa shape index (κ3) is 3.57. The number of rotatable bonds is 5. The van der Waals surface area contributed by atoms with Crippen molar-refractivity contribution >= 4 is 0 Å². The van der Waals surface area contributed by atoms with Gasteiger partial charge < -0.3 is 5.73 Å². The van der Waals surface area contributed by atoms with Crippen molar-refractivity contribution in [3.8, 4) is 0 Å². The first kappa shape index (κ1) is 15.4. The third-order valence-electron chi connectivity index (χ3n) is 4.86. The van der Waals surface area contributed by atoms with E-state index in [0.717, 1.165) is 31.1 Å². The van der Waals surface area contributed by atoms with Crippen LogP contribution in [-0.2, 0) is 6.42 Å². The predicted octanol–water partition coefficient (Wildman–Crippen LogP) is 3.67. The molecule has 112 valence electrons. The maximum atomic E-state index is 5.61. The molecule has 0 spiro atoms. The lowest BCUT2D eigenvalue weighted by Gasteiger charge is -2.27. The van der Waals surface area contributed by atoms with Crippen LogP contribution in [0.2, 0.25) is 0 Å². The molecule has 0 aliphatic heterocycles. The summed E-state index contributed by atoms with van der Waals surface area (Å²) in [6.45, 7) is 7.30. The van der Waals surface area contributed by atoms with Crippen LogP contribution in [0, 0.1) is 19.8 Å². The molecule has 0 saturated heterocycles. The molecule has 1 aromatic rings. The maximum Gasteiger partial charge on any atom is 0.131 e. The SMILES string of the molecule is CCC1CCC(c2nc(C)c(CCCN)c(C)n2)CC1. The predicted molar refractivity (Wildman–Crippen MR) is 83.9 cm³/mol. The highest BCUT2D eigenvalue weighted by Crippen LogP contribution is 2.35. The van der Waals surface area contributed by atoms with E-state index >= 15 is 0 Å². The van der Waals surface area contributed by atoms with Crippen molar-refractivity contribution in [1.29, 1.82) is 0 Å². The van der Waals surface area contributed by atoms with Gasteiger partial charge in [-0.15, -0.1) is 0 Å². The molecule has 2 rings (SSSR count). The Hall–Kier alpha value is -0.960. The van der Waals surface area contributed by atoms with E-state index in [2.05, 4.69) is 20.8 Å². The zero-order chi connectivity index (χ0) is 14.5. The van der Waals surface area contributed by atoms with Gasteiger partial charge in [-0.05, 0) is 70.4 Å². The van der Waals surface area contributed by atoms with Crippen LogP contribution in [0.5, 0.6) is 0 Å². The quantitative estimate of drug-likeness (QED) is 0.892. The molecule has 0 bridgehead atoms. The van der Waals surface area contributed by atoms with Crippen LogP contribution < -0.4 is 5.73 Å². The van der Waals surface area contributed by atoms with E-state index in [-0.39, 0.29) is 0 Å². The zero-order valence-corrected chi connectivity index (χ0v) is 13.3. The van der Waals surface area contributed by atoms with Gasteiger partial charge in [-0.2, -0.15) is 0 Å². The van der Waals surface area contributed by atoms with E-state index in [1.165, 1.54) is 49.1 Å². The lowest BCUT2D eigenvalue weighted by Crippen LogP contribution is -2.17. The first-order valence-electron chi connectivity index (χ1n) is 8.19. The minimum Gasteiger partial charge on any atom is -0.330 e. The van der Waals surface area contributed by atoms with Crippen molar-refractivity contribution in [2.24, 2.45) is 11.7 Å². The fourth-order valence-corrected chi connectivity index (χ4v) is 3.42. The molecule has 1 aliphatic carbocycles. The Morgan fingerprint density at radius 1 is 1.05 bits per heavy atom. The van der Waals surface area contributed by atoms with E-state index < -0.39 is 0 Å². The zero-order valence-electron chi connectivity index (χ0n) is 13.3. The van der Waals surface area contributed by atoms with Gasteiger partial charge in [0.1, 0.15) is 5.82 Å². The van der Waals surface area contributed by atoms with Gasteiger partial charge in [-0.25, -0.2) is 9.97 Å². The van der Waals surface area contributed by atoms with Crippen molar-refractivity contribution in [3.63, 3.8) is 0 Å². The average Bonchev–Trinajstić information content (AvgIpc) is 2.46. The van der Waals surface area contributed by atoms with Crippen LogP contribution in [0.3, 0.4) is 0 Å². The summed E-state index contributed by atoms with van der Waals surface area (Å²) in [4.78, 5) is 9.62. The molecule has 0 radical (unpaired) electrons. The summed E-state index contributed by atoms with van der Waals surface area (Å²) in [5.74, 6) is 2.60. The molecule has 0 amide bonds. The molecule has 3 nitrogen and oxygen atoms in total. The molecule has 1 aliphatic rings. The third-order valence-corrected chi connectivity index (χ3v) is 4.86. The summed E-state index contributed by atoms with van der Waals surface area (Å²) in [5.41, 5.74) is 9.25. The Bertz CT molecular complexity index is 411. The van der Waals surface area contributed by atoms with Crippen molar-refractivity contribution in [2.45, 2.75) is 71.6 Å². The molecule has 1 heterocycles. The van der Waals surface area contributed by atoms with Crippen LogP contribution in [0.4, 0.5) is 0 Å². The summed E-state index contributed by atoms with van der Waals surface area (Å²) in [6, 6.07) is 0. The fraction of sp³-hybridized carbons (Fsp3) is 0.765. The molecule has 0 aromatic carbocycles. The maximum absolute atomic E-state index is 5.61. The van der Waals surface area contributed by atoms with Gasteiger partial charge in [-0.3, -0.25) is 0 Å². The van der Waals surface area contributed by atoms with E-state index in [1.807, 2.05) is 0 Å². The smallest absolute Gasteiger partial charge is 0.131 e. The van der Waals surface area contributed by atoms with Crippen LogP contribution in [-0.4, -0.2) is 16.5 Å². The van der Waals surface area contributed by atoms with Gasteiger partial charge in [-0.1, -0.05) is 13.3 Å². The number of nitrogens with two attached hydrogens (primary N) is 1. The first-order valence-corrected chi connectivity index (χ1v) is 8.19. The average molecular weight is 275 g/mol. The molecule has 0 unspecified atom stereocenters. The number of hydrogen-bond acceptors (Lipinski definition) is 3. The number of nitrogens with zero attached hydrogens (tertiary/aromatic N) is 2.